The van der Waals surface area contributed by atoms with Crippen LogP contribution in [-0.2, 0) is 0 Å². The third kappa shape index (κ3) is 6.72. The van der Waals surface area contributed by atoms with E-state index < -0.39 is 0 Å². The number of hydrogen-bond acceptors (Lipinski definition) is 2. The van der Waals surface area contributed by atoms with Gasteiger partial charge in [-0.15, -0.1) is 0 Å². The Morgan fingerprint density at radius 2 is 1.79 bits per heavy atom. The van der Waals surface area contributed by atoms with Crippen molar-refractivity contribution < 1.29 is 0 Å². The monoisotopic (exact) mass is 262 g/mol. The van der Waals surface area contributed by atoms with E-state index in [1.54, 1.807) is 0 Å². The Kier molecular flexibility index (Phi) is 8.48. The lowest BCUT2D eigenvalue weighted by atomic mass is 10.0. The van der Waals surface area contributed by atoms with E-state index in [-0.39, 0.29) is 0 Å². The van der Waals surface area contributed by atoms with Gasteiger partial charge in [0.2, 0.25) is 0 Å². The maximum absolute atomic E-state index is 4.49. The first-order valence-corrected chi connectivity index (χ1v) is 7.87. The second-order valence-electron chi connectivity index (χ2n) is 5.51. The standard InChI is InChI=1S/C17H30N2/c1-4-5-6-7-8-9-10-11-16(18-3)17-14-15(2)12-13-19-17/h12-14,16,18H,4-11H2,1-3H3. The van der Waals surface area contributed by atoms with Crippen LogP contribution in [0.3, 0.4) is 0 Å². The van der Waals surface area contributed by atoms with Gasteiger partial charge in [-0.1, -0.05) is 51.9 Å². The lowest BCUT2D eigenvalue weighted by Gasteiger charge is -2.15. The molecule has 0 saturated carbocycles. The van der Waals surface area contributed by atoms with Crippen LogP contribution < -0.4 is 5.32 Å². The van der Waals surface area contributed by atoms with Crippen LogP contribution in [0.2, 0.25) is 0 Å². The Bertz CT molecular complexity index is 336. The summed E-state index contributed by atoms with van der Waals surface area (Å²) >= 11 is 0. The molecule has 0 aliphatic heterocycles. The average molecular weight is 262 g/mol. The highest BCUT2D eigenvalue weighted by Gasteiger charge is 2.09. The molecule has 108 valence electrons. The van der Waals surface area contributed by atoms with Crippen LogP contribution in [0.5, 0.6) is 0 Å². The van der Waals surface area contributed by atoms with Crippen molar-refractivity contribution in [3.8, 4) is 0 Å². The lowest BCUT2D eigenvalue weighted by Crippen LogP contribution is -2.17. The molecule has 2 nitrogen and oxygen atoms in total. The van der Waals surface area contributed by atoms with Crippen molar-refractivity contribution in [3.05, 3.63) is 29.6 Å². The molecule has 1 unspecified atom stereocenters. The van der Waals surface area contributed by atoms with Gasteiger partial charge in [0.05, 0.1) is 5.69 Å². The topological polar surface area (TPSA) is 24.9 Å². The van der Waals surface area contributed by atoms with E-state index in [0.717, 1.165) is 0 Å². The minimum Gasteiger partial charge on any atom is -0.312 e. The van der Waals surface area contributed by atoms with E-state index in [2.05, 4.69) is 36.3 Å². The van der Waals surface area contributed by atoms with Crippen LogP contribution in [0.4, 0.5) is 0 Å². The van der Waals surface area contributed by atoms with Crippen molar-refractivity contribution in [3.63, 3.8) is 0 Å². The first kappa shape index (κ1) is 16.2. The lowest BCUT2D eigenvalue weighted by molar-refractivity contribution is 0.487. The highest BCUT2D eigenvalue weighted by molar-refractivity contribution is 5.17. The van der Waals surface area contributed by atoms with Crippen LogP contribution in [-0.4, -0.2) is 12.0 Å². The maximum atomic E-state index is 4.49. The molecule has 0 amide bonds. The summed E-state index contributed by atoms with van der Waals surface area (Å²) in [5.41, 5.74) is 2.48. The molecule has 0 radical (unpaired) electrons. The SMILES string of the molecule is CCCCCCCCCC(NC)c1cc(C)ccn1. The molecule has 1 N–H and O–H groups in total. The molecule has 0 aliphatic rings. The zero-order valence-electron chi connectivity index (χ0n) is 12.9. The summed E-state index contributed by atoms with van der Waals surface area (Å²) in [6, 6.07) is 4.67. The summed E-state index contributed by atoms with van der Waals surface area (Å²) in [6.45, 7) is 4.40. The van der Waals surface area contributed by atoms with Gasteiger partial charge in [-0.25, -0.2) is 0 Å². The van der Waals surface area contributed by atoms with Gasteiger partial charge in [-0.2, -0.15) is 0 Å². The number of aryl methyl sites for hydroxylation is 1. The molecule has 0 saturated heterocycles. The van der Waals surface area contributed by atoms with E-state index in [1.807, 2.05) is 13.2 Å². The minimum absolute atomic E-state index is 0.413. The fourth-order valence-electron chi connectivity index (χ4n) is 2.50. The van der Waals surface area contributed by atoms with E-state index in [1.165, 1.54) is 62.6 Å². The minimum atomic E-state index is 0.413. The Hall–Kier alpha value is -0.890. The van der Waals surface area contributed by atoms with E-state index in [0.29, 0.717) is 6.04 Å². The molecular formula is C17H30N2. The summed E-state index contributed by atoms with van der Waals surface area (Å²) in [5, 5.41) is 3.39. The van der Waals surface area contributed by atoms with Crippen molar-refractivity contribution in [2.45, 2.75) is 71.3 Å². The first-order chi connectivity index (χ1) is 9.27. The molecule has 1 rings (SSSR count). The Morgan fingerprint density at radius 1 is 1.11 bits per heavy atom. The van der Waals surface area contributed by atoms with Crippen molar-refractivity contribution in [2.24, 2.45) is 0 Å². The Balaban J connectivity index is 2.22. The van der Waals surface area contributed by atoms with Gasteiger partial charge in [-0.05, 0) is 38.1 Å². The van der Waals surface area contributed by atoms with Crippen LogP contribution in [0.15, 0.2) is 18.3 Å². The number of rotatable bonds is 10. The van der Waals surface area contributed by atoms with Gasteiger partial charge in [0.1, 0.15) is 0 Å². The van der Waals surface area contributed by atoms with E-state index in [9.17, 15) is 0 Å². The van der Waals surface area contributed by atoms with Gasteiger partial charge in [0.15, 0.2) is 0 Å². The fourth-order valence-corrected chi connectivity index (χ4v) is 2.50. The summed E-state index contributed by atoms with van der Waals surface area (Å²) in [7, 11) is 2.04. The molecule has 0 spiro atoms. The zero-order valence-corrected chi connectivity index (χ0v) is 12.9. The number of nitrogens with zero attached hydrogens (tertiary/aromatic N) is 1. The molecule has 0 aliphatic carbocycles. The van der Waals surface area contributed by atoms with Crippen molar-refractivity contribution in [1.82, 2.24) is 10.3 Å². The summed E-state index contributed by atoms with van der Waals surface area (Å²) in [6.07, 6.45) is 12.7. The number of hydrogen-bond donors (Lipinski definition) is 1. The van der Waals surface area contributed by atoms with E-state index >= 15 is 0 Å². The van der Waals surface area contributed by atoms with Crippen LogP contribution in [0.25, 0.3) is 0 Å². The molecule has 0 bridgehead atoms. The first-order valence-electron chi connectivity index (χ1n) is 7.87. The van der Waals surface area contributed by atoms with E-state index in [4.69, 9.17) is 0 Å². The van der Waals surface area contributed by atoms with Crippen LogP contribution in [0, 0.1) is 6.92 Å². The molecule has 0 fully saturated rings. The summed E-state index contributed by atoms with van der Waals surface area (Å²) in [4.78, 5) is 4.49. The van der Waals surface area contributed by atoms with Gasteiger partial charge in [0, 0.05) is 12.2 Å². The normalized spacial score (nSPS) is 12.6. The van der Waals surface area contributed by atoms with Gasteiger partial charge in [-0.3, -0.25) is 4.98 Å². The maximum Gasteiger partial charge on any atom is 0.0575 e. The molecule has 2 heteroatoms. The fraction of sp³-hybridized carbons (Fsp3) is 0.706. The number of unbranched alkanes of at least 4 members (excludes halogenated alkanes) is 6. The Morgan fingerprint density at radius 3 is 2.42 bits per heavy atom. The highest BCUT2D eigenvalue weighted by atomic mass is 14.9. The largest absolute Gasteiger partial charge is 0.312 e. The molecular weight excluding hydrogens is 232 g/mol. The molecule has 1 atom stereocenters. The summed E-state index contributed by atoms with van der Waals surface area (Å²) < 4.78 is 0. The highest BCUT2D eigenvalue weighted by Crippen LogP contribution is 2.19. The van der Waals surface area contributed by atoms with Crippen molar-refractivity contribution in [2.75, 3.05) is 7.05 Å². The van der Waals surface area contributed by atoms with Crippen molar-refractivity contribution in [1.29, 1.82) is 0 Å². The van der Waals surface area contributed by atoms with Crippen molar-refractivity contribution >= 4 is 0 Å². The zero-order chi connectivity index (χ0) is 13.9. The quantitative estimate of drug-likeness (QED) is 0.613. The van der Waals surface area contributed by atoms with Gasteiger partial charge < -0.3 is 5.32 Å². The number of nitrogens with one attached hydrogen (secondary N) is 1. The Labute approximate surface area is 119 Å². The smallest absolute Gasteiger partial charge is 0.0575 e. The second kappa shape index (κ2) is 9.96. The van der Waals surface area contributed by atoms with Gasteiger partial charge >= 0.3 is 0 Å². The third-order valence-corrected chi connectivity index (χ3v) is 3.74. The van der Waals surface area contributed by atoms with Gasteiger partial charge in [0.25, 0.3) is 0 Å². The predicted molar refractivity (Wildman–Crippen MR) is 83.4 cm³/mol. The molecule has 19 heavy (non-hydrogen) atoms. The van der Waals surface area contributed by atoms with Crippen LogP contribution >= 0.6 is 0 Å². The number of pyridine rings is 1. The molecule has 1 heterocycles. The number of aromatic nitrogens is 1. The van der Waals surface area contributed by atoms with Crippen LogP contribution in [0.1, 0.15) is 75.6 Å². The average Bonchev–Trinajstić information content (AvgIpc) is 2.42. The molecule has 1 aromatic heterocycles. The predicted octanol–water partition coefficient (Wildman–Crippen LogP) is 4.79. The summed E-state index contributed by atoms with van der Waals surface area (Å²) in [5.74, 6) is 0. The second-order valence-corrected chi connectivity index (χ2v) is 5.51. The molecule has 1 aromatic rings. The molecule has 0 aromatic carbocycles. The third-order valence-electron chi connectivity index (χ3n) is 3.74.